The number of carbonyl (C=O) groups is 1. The van der Waals surface area contributed by atoms with Crippen LogP contribution in [0.5, 0.6) is 17.2 Å². The van der Waals surface area contributed by atoms with Gasteiger partial charge in [-0.3, -0.25) is 4.79 Å². The van der Waals surface area contributed by atoms with E-state index >= 15 is 0 Å². The van der Waals surface area contributed by atoms with Gasteiger partial charge in [-0.1, -0.05) is 39.0 Å². The molecule has 3 aromatic rings. The number of hydrogen-bond donors (Lipinski definition) is 0. The standard InChI is InChI=1S/C33H36O5S/c1-32(2,3)25-11-7-23(8-12-25)31(34)24-9-13-26(14-10-24)37-27-15-19-29(20-16-27)39(35,36)30-21-17-28(18-22-30)38-33(4,5)6/h7-11,13-22,25H,12H2,1-6H3. The van der Waals surface area contributed by atoms with Crippen LogP contribution in [0.4, 0.5) is 0 Å². The van der Waals surface area contributed by atoms with E-state index in [1.807, 2.05) is 32.9 Å². The Hall–Kier alpha value is -3.64. The van der Waals surface area contributed by atoms with E-state index in [0.29, 0.717) is 34.3 Å². The summed E-state index contributed by atoms with van der Waals surface area (Å²) in [5.41, 5.74) is 1.09. The largest absolute Gasteiger partial charge is 0.488 e. The Morgan fingerprint density at radius 2 is 1.23 bits per heavy atom. The molecule has 0 amide bonds. The first-order chi connectivity index (χ1) is 18.2. The van der Waals surface area contributed by atoms with Crippen LogP contribution in [0, 0.1) is 11.3 Å². The molecule has 3 aromatic carbocycles. The summed E-state index contributed by atoms with van der Waals surface area (Å²) in [6.07, 6.45) is 6.93. The maximum absolute atomic E-state index is 13.1. The van der Waals surface area contributed by atoms with Crippen molar-refractivity contribution in [2.45, 2.75) is 63.4 Å². The zero-order valence-electron chi connectivity index (χ0n) is 23.4. The second-order valence-electron chi connectivity index (χ2n) is 11.8. The quantitative estimate of drug-likeness (QED) is 0.280. The number of benzene rings is 3. The molecule has 1 aliphatic carbocycles. The minimum Gasteiger partial charge on any atom is -0.488 e. The van der Waals surface area contributed by atoms with Crippen LogP contribution in [0.2, 0.25) is 0 Å². The minimum atomic E-state index is -3.69. The number of ketones is 1. The van der Waals surface area contributed by atoms with E-state index in [2.05, 4.69) is 26.8 Å². The molecular weight excluding hydrogens is 508 g/mol. The van der Waals surface area contributed by atoms with Crippen LogP contribution >= 0.6 is 0 Å². The fraction of sp³-hybridized carbons (Fsp3) is 0.303. The second-order valence-corrected chi connectivity index (χ2v) is 13.8. The smallest absolute Gasteiger partial charge is 0.206 e. The molecule has 1 atom stereocenters. The Morgan fingerprint density at radius 1 is 0.744 bits per heavy atom. The molecule has 4 rings (SSSR count). The molecule has 39 heavy (non-hydrogen) atoms. The molecule has 0 spiro atoms. The average Bonchev–Trinajstić information content (AvgIpc) is 2.88. The molecule has 5 nitrogen and oxygen atoms in total. The van der Waals surface area contributed by atoms with Crippen LogP contribution in [0.1, 0.15) is 58.3 Å². The highest BCUT2D eigenvalue weighted by Gasteiger charge is 2.24. The van der Waals surface area contributed by atoms with Crippen molar-refractivity contribution in [2.24, 2.45) is 11.3 Å². The molecule has 0 heterocycles. The van der Waals surface area contributed by atoms with Crippen LogP contribution in [-0.2, 0) is 9.84 Å². The predicted molar refractivity (Wildman–Crippen MR) is 154 cm³/mol. The summed E-state index contributed by atoms with van der Waals surface area (Å²) in [6, 6.07) is 19.7. The highest BCUT2D eigenvalue weighted by Crippen LogP contribution is 2.34. The maximum Gasteiger partial charge on any atom is 0.206 e. The van der Waals surface area contributed by atoms with Gasteiger partial charge in [0.05, 0.1) is 9.79 Å². The van der Waals surface area contributed by atoms with Crippen molar-refractivity contribution in [2.75, 3.05) is 0 Å². The van der Waals surface area contributed by atoms with Crippen LogP contribution in [0.25, 0.3) is 0 Å². The van der Waals surface area contributed by atoms with Gasteiger partial charge in [0, 0.05) is 11.1 Å². The summed E-state index contributed by atoms with van der Waals surface area (Å²) in [7, 11) is -3.69. The van der Waals surface area contributed by atoms with Gasteiger partial charge in [-0.15, -0.1) is 0 Å². The number of Topliss-reactive ketones (excluding diaryl/α,β-unsaturated/α-hetero) is 1. The van der Waals surface area contributed by atoms with Gasteiger partial charge < -0.3 is 9.47 Å². The Kier molecular flexibility index (Phi) is 7.89. The molecule has 0 bridgehead atoms. The molecule has 204 valence electrons. The first kappa shape index (κ1) is 28.4. The van der Waals surface area contributed by atoms with Gasteiger partial charge in [0.25, 0.3) is 0 Å². The number of sulfone groups is 1. The number of ether oxygens (including phenoxy) is 2. The molecule has 0 aliphatic heterocycles. The van der Waals surface area contributed by atoms with E-state index in [1.165, 1.54) is 12.1 Å². The van der Waals surface area contributed by atoms with E-state index in [1.54, 1.807) is 60.7 Å². The fourth-order valence-electron chi connectivity index (χ4n) is 4.27. The van der Waals surface area contributed by atoms with E-state index in [0.717, 1.165) is 6.42 Å². The number of hydrogen-bond acceptors (Lipinski definition) is 5. The number of carbonyl (C=O) groups excluding carboxylic acids is 1. The van der Waals surface area contributed by atoms with E-state index in [9.17, 15) is 13.2 Å². The summed E-state index contributed by atoms with van der Waals surface area (Å²) < 4.78 is 37.8. The molecule has 0 saturated carbocycles. The van der Waals surface area contributed by atoms with E-state index in [-0.39, 0.29) is 26.6 Å². The summed E-state index contributed by atoms with van der Waals surface area (Å²) in [5, 5.41) is 0. The molecule has 0 N–H and O–H groups in total. The van der Waals surface area contributed by atoms with Crippen molar-refractivity contribution in [3.63, 3.8) is 0 Å². The van der Waals surface area contributed by atoms with Gasteiger partial charge in [-0.25, -0.2) is 8.42 Å². The summed E-state index contributed by atoms with van der Waals surface area (Å²) in [5.74, 6) is 2.06. The van der Waals surface area contributed by atoms with Crippen molar-refractivity contribution in [3.05, 3.63) is 102 Å². The van der Waals surface area contributed by atoms with Crippen molar-refractivity contribution in [3.8, 4) is 17.2 Å². The van der Waals surface area contributed by atoms with Gasteiger partial charge in [0.2, 0.25) is 9.84 Å². The third-order valence-electron chi connectivity index (χ3n) is 6.52. The Bertz CT molecular complexity index is 1480. The van der Waals surface area contributed by atoms with E-state index < -0.39 is 9.84 Å². The Labute approximate surface area is 232 Å². The molecule has 1 unspecified atom stereocenters. The van der Waals surface area contributed by atoms with Gasteiger partial charge in [0.1, 0.15) is 22.8 Å². The zero-order chi connectivity index (χ0) is 28.4. The third kappa shape index (κ3) is 7.07. The zero-order valence-corrected chi connectivity index (χ0v) is 24.2. The minimum absolute atomic E-state index is 0.0160. The highest BCUT2D eigenvalue weighted by molar-refractivity contribution is 7.91. The molecule has 0 fully saturated rings. The fourth-order valence-corrected chi connectivity index (χ4v) is 5.53. The lowest BCUT2D eigenvalue weighted by atomic mass is 9.76. The van der Waals surface area contributed by atoms with Crippen molar-refractivity contribution >= 4 is 15.6 Å². The lowest BCUT2D eigenvalue weighted by Gasteiger charge is -2.29. The molecule has 1 aliphatic rings. The molecule has 6 heteroatoms. The average molecular weight is 545 g/mol. The Balaban J connectivity index is 1.40. The molecular formula is C33H36O5S. The van der Waals surface area contributed by atoms with Crippen LogP contribution < -0.4 is 9.47 Å². The maximum atomic E-state index is 13.1. The normalized spacial score (nSPS) is 15.9. The number of allylic oxidation sites excluding steroid dienone is 4. The third-order valence-corrected chi connectivity index (χ3v) is 8.30. The lowest BCUT2D eigenvalue weighted by molar-refractivity contribution is 0.103. The van der Waals surface area contributed by atoms with E-state index in [4.69, 9.17) is 9.47 Å². The van der Waals surface area contributed by atoms with Crippen molar-refractivity contribution < 1.29 is 22.7 Å². The predicted octanol–water partition coefficient (Wildman–Crippen LogP) is 8.22. The lowest BCUT2D eigenvalue weighted by Crippen LogP contribution is -2.22. The molecule has 0 radical (unpaired) electrons. The monoisotopic (exact) mass is 544 g/mol. The molecule has 0 aromatic heterocycles. The van der Waals surface area contributed by atoms with Crippen molar-refractivity contribution in [1.82, 2.24) is 0 Å². The first-order valence-corrected chi connectivity index (χ1v) is 14.6. The van der Waals surface area contributed by atoms with Crippen molar-refractivity contribution in [1.29, 1.82) is 0 Å². The van der Waals surface area contributed by atoms with Gasteiger partial charge in [-0.2, -0.15) is 0 Å². The summed E-state index contributed by atoms with van der Waals surface area (Å²) in [4.78, 5) is 13.3. The van der Waals surface area contributed by atoms with Crippen LogP contribution in [0.3, 0.4) is 0 Å². The second kappa shape index (κ2) is 10.9. The van der Waals surface area contributed by atoms with Gasteiger partial charge in [0.15, 0.2) is 5.78 Å². The topological polar surface area (TPSA) is 69.7 Å². The van der Waals surface area contributed by atoms with Gasteiger partial charge >= 0.3 is 0 Å². The SMILES string of the molecule is CC(C)(C)Oc1ccc(S(=O)(=O)c2ccc(Oc3ccc(C(=O)C4=CCC(C(C)(C)C)C=C4)cc3)cc2)cc1. The summed E-state index contributed by atoms with van der Waals surface area (Å²) >= 11 is 0. The number of rotatable bonds is 7. The first-order valence-electron chi connectivity index (χ1n) is 13.1. The van der Waals surface area contributed by atoms with Gasteiger partial charge in [-0.05, 0) is 111 Å². The summed E-state index contributed by atoms with van der Waals surface area (Å²) in [6.45, 7) is 12.4. The van der Waals surface area contributed by atoms with Crippen LogP contribution in [-0.4, -0.2) is 19.8 Å². The highest BCUT2D eigenvalue weighted by atomic mass is 32.2. The van der Waals surface area contributed by atoms with Crippen LogP contribution in [0.15, 0.2) is 106 Å². The molecule has 0 saturated heterocycles. The Morgan fingerprint density at radius 3 is 1.67 bits per heavy atom.